The Morgan fingerprint density at radius 1 is 1.00 bits per heavy atom. The number of nitrogens with zero attached hydrogens (tertiary/aromatic N) is 1. The Bertz CT molecular complexity index is 927. The number of benzene rings is 2. The lowest BCUT2D eigenvalue weighted by Crippen LogP contribution is -2.36. The Balaban J connectivity index is 1.53. The van der Waals surface area contributed by atoms with Gasteiger partial charge >= 0.3 is 6.03 Å². The van der Waals surface area contributed by atoms with Crippen LogP contribution < -0.4 is 10.6 Å². The van der Waals surface area contributed by atoms with E-state index in [1.54, 1.807) is 12.4 Å². The molecule has 2 atom stereocenters. The number of nitrogens with one attached hydrogen (secondary N) is 2. The van der Waals surface area contributed by atoms with Crippen LogP contribution in [0.15, 0.2) is 73.1 Å². The van der Waals surface area contributed by atoms with Gasteiger partial charge in [0, 0.05) is 24.4 Å². The molecule has 3 N–H and O–H groups in total. The van der Waals surface area contributed by atoms with E-state index in [1.165, 1.54) is 0 Å². The number of urea groups is 1. The maximum absolute atomic E-state index is 12.6. The van der Waals surface area contributed by atoms with Crippen molar-refractivity contribution >= 4 is 11.7 Å². The Morgan fingerprint density at radius 3 is 2.58 bits per heavy atom. The molecule has 5 nitrogen and oxygen atoms in total. The first kappa shape index (κ1) is 16.3. The van der Waals surface area contributed by atoms with Gasteiger partial charge in [0.1, 0.15) is 0 Å². The lowest BCUT2D eigenvalue weighted by Gasteiger charge is -2.19. The van der Waals surface area contributed by atoms with E-state index < -0.39 is 12.1 Å². The van der Waals surface area contributed by atoms with Gasteiger partial charge < -0.3 is 15.7 Å². The average molecular weight is 345 g/mol. The number of aliphatic hydroxyl groups excluding tert-OH is 1. The number of pyridine rings is 1. The fraction of sp³-hybridized carbons (Fsp3) is 0.143. The standard InChI is InChI=1S/C21H19N3O2/c25-19-13-15-5-1-2-7-17(15)20(19)24-21(26)23-18-8-4-3-6-16(18)14-9-11-22-12-10-14/h1-12,19-20,25H,13H2,(H2,23,24,26)/t19-,20-/m0/s1. The number of para-hydroxylation sites is 1. The topological polar surface area (TPSA) is 74.2 Å². The first-order valence-electron chi connectivity index (χ1n) is 8.55. The van der Waals surface area contributed by atoms with Crippen LogP contribution in [0, 0.1) is 0 Å². The smallest absolute Gasteiger partial charge is 0.319 e. The summed E-state index contributed by atoms with van der Waals surface area (Å²) in [6, 6.07) is 18.4. The van der Waals surface area contributed by atoms with Gasteiger partial charge in [-0.05, 0) is 34.9 Å². The number of hydrogen-bond acceptors (Lipinski definition) is 3. The second-order valence-electron chi connectivity index (χ2n) is 6.33. The molecule has 1 aliphatic rings. The van der Waals surface area contributed by atoms with Crippen LogP contribution in [-0.2, 0) is 6.42 Å². The highest BCUT2D eigenvalue weighted by atomic mass is 16.3. The summed E-state index contributed by atoms with van der Waals surface area (Å²) in [5.74, 6) is 0. The molecule has 5 heteroatoms. The molecule has 1 heterocycles. The number of carbonyl (C=O) groups excluding carboxylic acids is 1. The summed E-state index contributed by atoms with van der Waals surface area (Å²) in [6.07, 6.45) is 3.37. The monoisotopic (exact) mass is 345 g/mol. The van der Waals surface area contributed by atoms with Crippen LogP contribution in [-0.4, -0.2) is 22.2 Å². The van der Waals surface area contributed by atoms with Crippen molar-refractivity contribution in [2.24, 2.45) is 0 Å². The Labute approximate surface area is 151 Å². The van der Waals surface area contributed by atoms with E-state index in [9.17, 15) is 9.90 Å². The fourth-order valence-corrected chi connectivity index (χ4v) is 3.42. The molecule has 0 unspecified atom stereocenters. The zero-order valence-corrected chi connectivity index (χ0v) is 14.1. The van der Waals surface area contributed by atoms with Crippen LogP contribution in [0.1, 0.15) is 17.2 Å². The van der Waals surface area contributed by atoms with Crippen molar-refractivity contribution in [3.05, 3.63) is 84.2 Å². The summed E-state index contributed by atoms with van der Waals surface area (Å²) in [4.78, 5) is 16.6. The van der Waals surface area contributed by atoms with Crippen molar-refractivity contribution in [2.75, 3.05) is 5.32 Å². The largest absolute Gasteiger partial charge is 0.390 e. The van der Waals surface area contributed by atoms with Gasteiger partial charge in [-0.15, -0.1) is 0 Å². The Kier molecular flexibility index (Phi) is 4.37. The van der Waals surface area contributed by atoms with E-state index in [0.29, 0.717) is 12.1 Å². The van der Waals surface area contributed by atoms with E-state index in [1.807, 2.05) is 60.7 Å². The van der Waals surface area contributed by atoms with Gasteiger partial charge in [-0.25, -0.2) is 4.79 Å². The van der Waals surface area contributed by atoms with Gasteiger partial charge in [0.25, 0.3) is 0 Å². The molecule has 4 rings (SSSR count). The van der Waals surface area contributed by atoms with E-state index in [4.69, 9.17) is 0 Å². The van der Waals surface area contributed by atoms with Gasteiger partial charge in [0.05, 0.1) is 17.8 Å². The molecule has 0 bridgehead atoms. The number of hydrogen-bond donors (Lipinski definition) is 3. The molecule has 1 aromatic heterocycles. The molecule has 0 radical (unpaired) electrons. The quantitative estimate of drug-likeness (QED) is 0.680. The maximum atomic E-state index is 12.6. The van der Waals surface area contributed by atoms with Crippen LogP contribution in [0.5, 0.6) is 0 Å². The van der Waals surface area contributed by atoms with Crippen LogP contribution in [0.3, 0.4) is 0 Å². The zero-order valence-electron chi connectivity index (χ0n) is 14.1. The van der Waals surface area contributed by atoms with Gasteiger partial charge in [-0.1, -0.05) is 42.5 Å². The third-order valence-corrected chi connectivity index (χ3v) is 4.66. The number of anilines is 1. The van der Waals surface area contributed by atoms with E-state index >= 15 is 0 Å². The minimum atomic E-state index is -0.617. The van der Waals surface area contributed by atoms with Crippen molar-refractivity contribution in [3.63, 3.8) is 0 Å². The molecule has 0 saturated carbocycles. The highest BCUT2D eigenvalue weighted by molar-refractivity contribution is 5.94. The summed E-state index contributed by atoms with van der Waals surface area (Å²) in [6.45, 7) is 0. The highest BCUT2D eigenvalue weighted by Gasteiger charge is 2.31. The molecular formula is C21H19N3O2. The van der Waals surface area contributed by atoms with Gasteiger partial charge in [-0.2, -0.15) is 0 Å². The minimum Gasteiger partial charge on any atom is -0.390 e. The van der Waals surface area contributed by atoms with Crippen LogP contribution >= 0.6 is 0 Å². The lowest BCUT2D eigenvalue weighted by atomic mass is 10.1. The second-order valence-corrected chi connectivity index (χ2v) is 6.33. The first-order valence-corrected chi connectivity index (χ1v) is 8.55. The Hall–Kier alpha value is -3.18. The molecule has 0 aliphatic heterocycles. The number of amides is 2. The third kappa shape index (κ3) is 3.17. The van der Waals surface area contributed by atoms with Crippen LogP contribution in [0.2, 0.25) is 0 Å². The summed E-state index contributed by atoms with van der Waals surface area (Å²) in [7, 11) is 0. The Morgan fingerprint density at radius 2 is 1.73 bits per heavy atom. The number of carbonyl (C=O) groups is 1. The van der Waals surface area contributed by atoms with Crippen LogP contribution in [0.25, 0.3) is 11.1 Å². The minimum absolute atomic E-state index is 0.341. The molecule has 0 saturated heterocycles. The van der Waals surface area contributed by atoms with Crippen molar-refractivity contribution < 1.29 is 9.90 Å². The third-order valence-electron chi connectivity index (χ3n) is 4.66. The predicted octanol–water partition coefficient (Wildman–Crippen LogP) is 3.53. The van der Waals surface area contributed by atoms with Gasteiger partial charge in [0.2, 0.25) is 0 Å². The molecule has 2 amide bonds. The molecule has 26 heavy (non-hydrogen) atoms. The normalized spacial score (nSPS) is 18.2. The summed E-state index contributed by atoms with van der Waals surface area (Å²) in [5.41, 5.74) is 4.64. The van der Waals surface area contributed by atoms with E-state index in [2.05, 4.69) is 15.6 Å². The molecule has 130 valence electrons. The SMILES string of the molecule is O=C(Nc1ccccc1-c1ccncc1)N[C@H]1c2ccccc2C[C@@H]1O. The molecule has 0 spiro atoms. The molecule has 0 fully saturated rings. The number of rotatable bonds is 3. The second kappa shape index (κ2) is 6.98. The number of aromatic nitrogens is 1. The number of aliphatic hydroxyl groups is 1. The summed E-state index contributed by atoms with van der Waals surface area (Å²) < 4.78 is 0. The van der Waals surface area contributed by atoms with Crippen molar-refractivity contribution in [1.82, 2.24) is 10.3 Å². The molecule has 1 aliphatic carbocycles. The summed E-state index contributed by atoms with van der Waals surface area (Å²) in [5, 5.41) is 16.1. The highest BCUT2D eigenvalue weighted by Crippen LogP contribution is 2.32. The first-order chi connectivity index (χ1) is 12.7. The zero-order chi connectivity index (χ0) is 17.9. The van der Waals surface area contributed by atoms with E-state index in [0.717, 1.165) is 22.3 Å². The molecular weight excluding hydrogens is 326 g/mol. The van der Waals surface area contributed by atoms with Gasteiger partial charge in [-0.3, -0.25) is 4.98 Å². The van der Waals surface area contributed by atoms with Crippen molar-refractivity contribution in [3.8, 4) is 11.1 Å². The van der Waals surface area contributed by atoms with Gasteiger partial charge in [0.15, 0.2) is 0 Å². The maximum Gasteiger partial charge on any atom is 0.319 e. The lowest BCUT2D eigenvalue weighted by molar-refractivity contribution is 0.144. The molecule has 2 aromatic carbocycles. The number of fused-ring (bicyclic) bond motifs is 1. The summed E-state index contributed by atoms with van der Waals surface area (Å²) >= 11 is 0. The predicted molar refractivity (Wildman–Crippen MR) is 101 cm³/mol. The van der Waals surface area contributed by atoms with E-state index in [-0.39, 0.29) is 6.03 Å². The van der Waals surface area contributed by atoms with Crippen molar-refractivity contribution in [2.45, 2.75) is 18.6 Å². The van der Waals surface area contributed by atoms with Crippen molar-refractivity contribution in [1.29, 1.82) is 0 Å². The van der Waals surface area contributed by atoms with Crippen LogP contribution in [0.4, 0.5) is 10.5 Å². The molecule has 3 aromatic rings. The fourth-order valence-electron chi connectivity index (χ4n) is 3.42. The average Bonchev–Trinajstić information content (AvgIpc) is 2.98.